The molecule has 0 aromatic carbocycles. The van der Waals surface area contributed by atoms with Crippen LogP contribution in [0.5, 0.6) is 0 Å². The smallest absolute Gasteiger partial charge is 0.457 e. The van der Waals surface area contributed by atoms with Gasteiger partial charge in [0.2, 0.25) is 0 Å². The predicted octanol–water partition coefficient (Wildman–Crippen LogP) is -2.02. The van der Waals surface area contributed by atoms with Crippen molar-refractivity contribution in [3.8, 4) is 0 Å². The zero-order chi connectivity index (χ0) is 26.0. The molecule has 1 aliphatic carbocycles. The molecule has 0 aromatic heterocycles. The van der Waals surface area contributed by atoms with Crippen molar-refractivity contribution in [2.24, 2.45) is 0 Å². The van der Waals surface area contributed by atoms with E-state index >= 15 is 0 Å². The van der Waals surface area contributed by atoms with Crippen molar-refractivity contribution in [3.05, 3.63) is 0 Å². The lowest BCUT2D eigenvalue weighted by Crippen LogP contribution is -2.66. The zero-order valence-electron chi connectivity index (χ0n) is 16.3. The van der Waals surface area contributed by atoms with Gasteiger partial charge in [-0.25, -0.2) is 18.3 Å². The molecule has 1 saturated carbocycles. The number of esters is 1. The standard InChI is InChI=1S/C10H22O19P4/c1-2-3-4(11)25-6-5(12)7(26-30(13,14)15)9(28-32(19,20)21)10(29-33(22,23)24)8(6)27-31(16,17)18/h5-10,12H,2-3H2,1H3,(H2,13,14,15)(H2,16,17,18)(H2,19,20,21)(H2,22,23,24)/t5-,6-,7-,8+,9-,10-/m1/s1. The number of hydrogen-bond donors (Lipinski definition) is 9. The monoisotopic (exact) mass is 570 g/mol. The third-order valence-electron chi connectivity index (χ3n) is 3.73. The first-order chi connectivity index (χ1) is 14.6. The van der Waals surface area contributed by atoms with E-state index in [0.717, 1.165) is 0 Å². The normalized spacial score (nSPS) is 29.6. The van der Waals surface area contributed by atoms with E-state index in [1.165, 1.54) is 6.92 Å². The minimum absolute atomic E-state index is 0.139. The summed E-state index contributed by atoms with van der Waals surface area (Å²) in [5.41, 5.74) is 0. The summed E-state index contributed by atoms with van der Waals surface area (Å²) in [6, 6.07) is 0. The molecule has 19 nitrogen and oxygen atoms in total. The minimum atomic E-state index is -5.75. The second kappa shape index (κ2) is 11.3. The lowest BCUT2D eigenvalue weighted by molar-refractivity contribution is -0.222. The molecule has 1 fully saturated rings. The molecule has 0 unspecified atom stereocenters. The molecular formula is C10H22O19P4. The number of phosphoric ester groups is 4. The number of rotatable bonds is 11. The molecule has 6 atom stereocenters. The van der Waals surface area contributed by atoms with Gasteiger partial charge in [0, 0.05) is 6.42 Å². The lowest BCUT2D eigenvalue weighted by Gasteiger charge is -2.46. The number of ether oxygens (including phenoxy) is 1. The second-order valence-electron chi connectivity index (χ2n) is 6.44. The maximum Gasteiger partial charge on any atom is 0.470 e. The summed E-state index contributed by atoms with van der Waals surface area (Å²) in [7, 11) is -22.8. The Balaban J connectivity index is 3.72. The number of aliphatic hydroxyl groups excluding tert-OH is 1. The first-order valence-electron chi connectivity index (χ1n) is 8.47. The molecular weight excluding hydrogens is 548 g/mol. The molecule has 0 saturated heterocycles. The highest BCUT2D eigenvalue weighted by Crippen LogP contribution is 2.53. The molecule has 0 spiro atoms. The van der Waals surface area contributed by atoms with Gasteiger partial charge in [-0.05, 0) is 6.42 Å². The van der Waals surface area contributed by atoms with E-state index < -0.39 is 73.9 Å². The molecule has 196 valence electrons. The number of phosphoric acid groups is 4. The highest BCUT2D eigenvalue weighted by atomic mass is 31.2. The van der Waals surface area contributed by atoms with E-state index in [4.69, 9.17) is 43.9 Å². The van der Waals surface area contributed by atoms with Gasteiger partial charge in [0.25, 0.3) is 0 Å². The maximum atomic E-state index is 11.9. The van der Waals surface area contributed by atoms with Crippen LogP contribution in [0.4, 0.5) is 0 Å². The van der Waals surface area contributed by atoms with Gasteiger partial charge in [-0.2, -0.15) is 0 Å². The van der Waals surface area contributed by atoms with Gasteiger partial charge < -0.3 is 49.0 Å². The Labute approximate surface area is 184 Å². The van der Waals surface area contributed by atoms with E-state index in [2.05, 4.69) is 18.1 Å². The summed E-state index contributed by atoms with van der Waals surface area (Å²) in [4.78, 5) is 85.0. The Morgan fingerprint density at radius 3 is 1.27 bits per heavy atom. The van der Waals surface area contributed by atoms with Crippen LogP contribution in [0, 0.1) is 0 Å². The number of hydrogen-bond acceptors (Lipinski definition) is 11. The largest absolute Gasteiger partial charge is 0.470 e. The Hall–Kier alpha value is -0.130. The maximum absolute atomic E-state index is 11.9. The average Bonchev–Trinajstić information content (AvgIpc) is 2.54. The van der Waals surface area contributed by atoms with Crippen LogP contribution in [-0.2, 0) is 45.9 Å². The summed E-state index contributed by atoms with van der Waals surface area (Å²) < 4.78 is 67.4. The Morgan fingerprint density at radius 1 is 0.636 bits per heavy atom. The third-order valence-corrected chi connectivity index (χ3v) is 5.80. The first-order valence-corrected chi connectivity index (χ1v) is 14.6. The molecule has 0 bridgehead atoms. The quantitative estimate of drug-likeness (QED) is 0.0956. The van der Waals surface area contributed by atoms with Crippen molar-refractivity contribution >= 4 is 37.3 Å². The molecule has 1 rings (SSSR count). The molecule has 9 N–H and O–H groups in total. The van der Waals surface area contributed by atoms with Crippen LogP contribution in [-0.4, -0.2) is 86.8 Å². The van der Waals surface area contributed by atoms with E-state index in [0.29, 0.717) is 0 Å². The van der Waals surface area contributed by atoms with Crippen molar-refractivity contribution in [2.45, 2.75) is 56.4 Å². The van der Waals surface area contributed by atoms with Gasteiger partial charge >= 0.3 is 37.3 Å². The molecule has 1 aliphatic rings. The van der Waals surface area contributed by atoms with Crippen LogP contribution in [0.3, 0.4) is 0 Å². The predicted molar refractivity (Wildman–Crippen MR) is 98.5 cm³/mol. The molecule has 0 aliphatic heterocycles. The number of aliphatic hydroxyl groups is 1. The highest BCUT2D eigenvalue weighted by molar-refractivity contribution is 7.47. The van der Waals surface area contributed by atoms with Crippen LogP contribution >= 0.6 is 31.3 Å². The summed E-state index contributed by atoms with van der Waals surface area (Å²) >= 11 is 0. The first kappa shape index (κ1) is 30.9. The lowest BCUT2D eigenvalue weighted by atomic mass is 9.85. The molecule has 0 aromatic rings. The van der Waals surface area contributed by atoms with Crippen molar-refractivity contribution < 1.29 is 90.1 Å². The second-order valence-corrected chi connectivity index (χ2v) is 11.2. The topological polar surface area (TPSA) is 314 Å². The van der Waals surface area contributed by atoms with Crippen molar-refractivity contribution in [1.82, 2.24) is 0 Å². The molecule has 23 heteroatoms. The third kappa shape index (κ3) is 11.0. The highest BCUT2D eigenvalue weighted by Gasteiger charge is 2.60. The van der Waals surface area contributed by atoms with E-state index in [1.807, 2.05) is 0 Å². The van der Waals surface area contributed by atoms with Crippen LogP contribution in [0.25, 0.3) is 0 Å². The van der Waals surface area contributed by atoms with Gasteiger partial charge in [0.05, 0.1) is 0 Å². The fraction of sp³-hybridized carbons (Fsp3) is 0.900. The molecule has 33 heavy (non-hydrogen) atoms. The number of carbonyl (C=O) groups excluding carboxylic acids is 1. The van der Waals surface area contributed by atoms with Crippen LogP contribution in [0.2, 0.25) is 0 Å². The number of carbonyl (C=O) groups is 1. The minimum Gasteiger partial charge on any atom is -0.457 e. The van der Waals surface area contributed by atoms with E-state index in [-0.39, 0.29) is 12.8 Å². The summed E-state index contributed by atoms with van der Waals surface area (Å²) in [6.07, 6.45) is -16.0. The van der Waals surface area contributed by atoms with Gasteiger partial charge in [-0.3, -0.25) is 22.9 Å². The Bertz CT molecular complexity index is 866. The molecule has 0 amide bonds. The average molecular weight is 570 g/mol. The fourth-order valence-corrected chi connectivity index (χ4v) is 5.04. The zero-order valence-corrected chi connectivity index (χ0v) is 19.9. The summed E-state index contributed by atoms with van der Waals surface area (Å²) in [6.45, 7) is 1.49. The Morgan fingerprint density at radius 2 is 0.939 bits per heavy atom. The van der Waals surface area contributed by atoms with E-state index in [1.54, 1.807) is 0 Å². The SMILES string of the molecule is CCCC(=O)O[C@@H]1[C@@H](O)[C@@H](OP(=O)(O)O)[C@@H](OP(=O)(O)O)[C@H](OP(=O)(O)O)[C@H]1OP(=O)(O)O. The summed E-state index contributed by atoms with van der Waals surface area (Å²) in [5.74, 6) is -1.18. The van der Waals surface area contributed by atoms with Crippen molar-refractivity contribution in [2.75, 3.05) is 0 Å². The van der Waals surface area contributed by atoms with Crippen LogP contribution < -0.4 is 0 Å². The summed E-state index contributed by atoms with van der Waals surface area (Å²) in [5, 5.41) is 10.5. The van der Waals surface area contributed by atoms with Crippen LogP contribution in [0.1, 0.15) is 19.8 Å². The fourth-order valence-electron chi connectivity index (χ4n) is 2.80. The van der Waals surface area contributed by atoms with Crippen LogP contribution in [0.15, 0.2) is 0 Å². The van der Waals surface area contributed by atoms with Gasteiger partial charge in [-0.15, -0.1) is 0 Å². The van der Waals surface area contributed by atoms with Gasteiger partial charge in [0.15, 0.2) is 6.10 Å². The molecule has 0 radical (unpaired) electrons. The Kier molecular flexibility index (Phi) is 10.6. The molecule has 0 heterocycles. The van der Waals surface area contributed by atoms with Crippen molar-refractivity contribution in [3.63, 3.8) is 0 Å². The van der Waals surface area contributed by atoms with E-state index in [9.17, 15) is 28.2 Å². The van der Waals surface area contributed by atoms with Crippen molar-refractivity contribution in [1.29, 1.82) is 0 Å². The van der Waals surface area contributed by atoms with Gasteiger partial charge in [0.1, 0.15) is 30.5 Å². The van der Waals surface area contributed by atoms with Gasteiger partial charge in [-0.1, -0.05) is 6.92 Å².